The maximum absolute atomic E-state index is 11.4. The monoisotopic (exact) mass is 183 g/mol. The van der Waals surface area contributed by atoms with Gasteiger partial charge in [-0.15, -0.1) is 0 Å². The van der Waals surface area contributed by atoms with Gasteiger partial charge in [0.1, 0.15) is 0 Å². The largest absolute Gasteiger partial charge is 0.352 e. The number of carbonyl (C=O) groups excluding carboxylic acids is 2. The van der Waals surface area contributed by atoms with Crippen LogP contribution in [0.2, 0.25) is 0 Å². The second kappa shape index (κ2) is 2.99. The number of rotatable bonds is 0. The summed E-state index contributed by atoms with van der Waals surface area (Å²) in [6.07, 6.45) is 0. The second-order valence-corrected chi connectivity index (χ2v) is 3.56. The van der Waals surface area contributed by atoms with Crippen molar-refractivity contribution in [2.45, 2.75) is 19.0 Å². The van der Waals surface area contributed by atoms with Crippen LogP contribution >= 0.6 is 0 Å². The molecule has 0 spiro atoms. The van der Waals surface area contributed by atoms with E-state index in [1.54, 1.807) is 4.90 Å². The number of nitrogens with one attached hydrogen (secondary N) is 2. The molecule has 0 saturated carbocycles. The summed E-state index contributed by atoms with van der Waals surface area (Å²) in [6, 6.07) is 0.386. The predicted molar refractivity (Wildman–Crippen MR) is 46.0 cm³/mol. The Hall–Kier alpha value is -1.10. The van der Waals surface area contributed by atoms with E-state index in [4.69, 9.17) is 0 Å². The van der Waals surface area contributed by atoms with E-state index in [2.05, 4.69) is 10.6 Å². The molecule has 2 aliphatic rings. The van der Waals surface area contributed by atoms with Gasteiger partial charge in [0.25, 0.3) is 0 Å². The Morgan fingerprint density at radius 2 is 2.23 bits per heavy atom. The van der Waals surface area contributed by atoms with Crippen molar-refractivity contribution in [3.8, 4) is 0 Å². The van der Waals surface area contributed by atoms with E-state index in [1.807, 2.05) is 6.92 Å². The van der Waals surface area contributed by atoms with E-state index in [9.17, 15) is 9.59 Å². The Labute approximate surface area is 76.5 Å². The Balaban J connectivity index is 2.15. The number of fused-ring (bicyclic) bond motifs is 1. The molecule has 2 N–H and O–H groups in total. The first-order valence-corrected chi connectivity index (χ1v) is 4.48. The normalized spacial score (nSPS) is 34.1. The number of hydrogen-bond donors (Lipinski definition) is 2. The van der Waals surface area contributed by atoms with Gasteiger partial charge in [-0.1, -0.05) is 0 Å². The number of hydrogen-bond acceptors (Lipinski definition) is 3. The topological polar surface area (TPSA) is 61.4 Å². The van der Waals surface area contributed by atoms with E-state index in [-0.39, 0.29) is 30.4 Å². The highest BCUT2D eigenvalue weighted by atomic mass is 16.2. The molecule has 13 heavy (non-hydrogen) atoms. The summed E-state index contributed by atoms with van der Waals surface area (Å²) in [6.45, 7) is 3.17. The van der Waals surface area contributed by atoms with Crippen LogP contribution in [-0.4, -0.2) is 48.4 Å². The number of nitrogens with zero attached hydrogens (tertiary/aromatic N) is 1. The van der Waals surface area contributed by atoms with Gasteiger partial charge in [-0.05, 0) is 6.92 Å². The lowest BCUT2D eigenvalue weighted by atomic mass is 10.0. The molecule has 2 rings (SSSR count). The number of carbonyl (C=O) groups is 2. The van der Waals surface area contributed by atoms with Crippen LogP contribution in [0.15, 0.2) is 0 Å². The molecule has 5 heteroatoms. The molecule has 0 bridgehead atoms. The molecule has 72 valence electrons. The molecule has 5 nitrogen and oxygen atoms in total. The van der Waals surface area contributed by atoms with Gasteiger partial charge >= 0.3 is 0 Å². The fourth-order valence-corrected chi connectivity index (χ4v) is 1.86. The second-order valence-electron chi connectivity index (χ2n) is 3.56. The fraction of sp³-hybridized carbons (Fsp3) is 0.750. The summed E-state index contributed by atoms with van der Waals surface area (Å²) < 4.78 is 0. The van der Waals surface area contributed by atoms with Crippen molar-refractivity contribution in [3.63, 3.8) is 0 Å². The van der Waals surface area contributed by atoms with Crippen LogP contribution in [-0.2, 0) is 9.59 Å². The summed E-state index contributed by atoms with van der Waals surface area (Å²) >= 11 is 0. The molecule has 2 aliphatic heterocycles. The van der Waals surface area contributed by atoms with Gasteiger partial charge in [-0.2, -0.15) is 0 Å². The molecular weight excluding hydrogens is 170 g/mol. The standard InChI is InChI=1S/C8H13N3O2/c1-5-6-2-10-7(12)4-11(6)8(13)3-9-5/h5-6,9H,2-4H2,1H3,(H,10,12). The van der Waals surface area contributed by atoms with E-state index in [1.165, 1.54) is 0 Å². The molecule has 0 radical (unpaired) electrons. The molecule has 2 unspecified atom stereocenters. The smallest absolute Gasteiger partial charge is 0.239 e. The number of amides is 2. The summed E-state index contributed by atoms with van der Waals surface area (Å²) in [5, 5.41) is 5.86. The van der Waals surface area contributed by atoms with Crippen molar-refractivity contribution in [1.82, 2.24) is 15.5 Å². The molecule has 2 fully saturated rings. The van der Waals surface area contributed by atoms with E-state index < -0.39 is 0 Å². The Kier molecular flexibility index (Phi) is 1.95. The van der Waals surface area contributed by atoms with E-state index in [0.29, 0.717) is 13.1 Å². The lowest BCUT2D eigenvalue weighted by Crippen LogP contribution is -2.67. The highest BCUT2D eigenvalue weighted by Gasteiger charge is 2.36. The Morgan fingerprint density at radius 3 is 3.00 bits per heavy atom. The number of piperazine rings is 2. The van der Waals surface area contributed by atoms with Crippen LogP contribution in [0.5, 0.6) is 0 Å². The van der Waals surface area contributed by atoms with Crippen molar-refractivity contribution in [2.75, 3.05) is 19.6 Å². The van der Waals surface area contributed by atoms with E-state index >= 15 is 0 Å². The molecular formula is C8H13N3O2. The van der Waals surface area contributed by atoms with Crippen LogP contribution in [0.1, 0.15) is 6.92 Å². The first-order chi connectivity index (χ1) is 6.18. The highest BCUT2D eigenvalue weighted by Crippen LogP contribution is 2.12. The third kappa shape index (κ3) is 1.39. The highest BCUT2D eigenvalue weighted by molar-refractivity contribution is 5.87. The fourth-order valence-electron chi connectivity index (χ4n) is 1.86. The van der Waals surface area contributed by atoms with Crippen molar-refractivity contribution in [2.24, 2.45) is 0 Å². The minimum absolute atomic E-state index is 0.0259. The minimum atomic E-state index is -0.0568. The minimum Gasteiger partial charge on any atom is -0.352 e. The molecule has 2 heterocycles. The first-order valence-electron chi connectivity index (χ1n) is 4.48. The van der Waals surface area contributed by atoms with Crippen molar-refractivity contribution < 1.29 is 9.59 Å². The lowest BCUT2D eigenvalue weighted by molar-refractivity contribution is -0.144. The van der Waals surface area contributed by atoms with Crippen LogP contribution in [0.25, 0.3) is 0 Å². The maximum Gasteiger partial charge on any atom is 0.239 e. The van der Waals surface area contributed by atoms with Crippen molar-refractivity contribution >= 4 is 11.8 Å². The maximum atomic E-state index is 11.4. The summed E-state index contributed by atoms with van der Waals surface area (Å²) in [4.78, 5) is 24.1. The predicted octanol–water partition coefficient (Wildman–Crippen LogP) is -1.69. The zero-order valence-electron chi connectivity index (χ0n) is 7.54. The molecule has 2 saturated heterocycles. The molecule has 0 aromatic carbocycles. The first kappa shape index (κ1) is 8.50. The van der Waals surface area contributed by atoms with Gasteiger partial charge in [0, 0.05) is 12.6 Å². The zero-order chi connectivity index (χ0) is 9.42. The Bertz CT molecular complexity index is 254. The summed E-state index contributed by atoms with van der Waals surface area (Å²) in [5.74, 6) is -0.0309. The summed E-state index contributed by atoms with van der Waals surface area (Å²) in [7, 11) is 0. The Morgan fingerprint density at radius 1 is 1.46 bits per heavy atom. The quantitative estimate of drug-likeness (QED) is 0.471. The molecule has 2 atom stereocenters. The lowest BCUT2D eigenvalue weighted by Gasteiger charge is -2.42. The van der Waals surface area contributed by atoms with Crippen molar-refractivity contribution in [1.29, 1.82) is 0 Å². The van der Waals surface area contributed by atoms with Crippen LogP contribution < -0.4 is 10.6 Å². The third-order valence-electron chi connectivity index (χ3n) is 2.70. The average Bonchev–Trinajstić information content (AvgIpc) is 2.12. The summed E-state index contributed by atoms with van der Waals surface area (Å²) in [5.41, 5.74) is 0. The van der Waals surface area contributed by atoms with Crippen LogP contribution in [0, 0.1) is 0 Å². The molecule has 0 aromatic rings. The van der Waals surface area contributed by atoms with Gasteiger partial charge < -0.3 is 15.5 Å². The van der Waals surface area contributed by atoms with Gasteiger partial charge in [0.05, 0.1) is 19.1 Å². The van der Waals surface area contributed by atoms with E-state index in [0.717, 1.165) is 0 Å². The third-order valence-corrected chi connectivity index (χ3v) is 2.70. The van der Waals surface area contributed by atoms with Crippen molar-refractivity contribution in [3.05, 3.63) is 0 Å². The molecule has 0 aliphatic carbocycles. The van der Waals surface area contributed by atoms with Gasteiger partial charge in [-0.25, -0.2) is 0 Å². The SMILES string of the molecule is CC1NCC(=O)N2CC(=O)NCC12. The zero-order valence-corrected chi connectivity index (χ0v) is 7.54. The van der Waals surface area contributed by atoms with Gasteiger partial charge in [0.2, 0.25) is 11.8 Å². The van der Waals surface area contributed by atoms with Crippen LogP contribution in [0.4, 0.5) is 0 Å². The van der Waals surface area contributed by atoms with Gasteiger partial charge in [-0.3, -0.25) is 9.59 Å². The van der Waals surface area contributed by atoms with Crippen LogP contribution in [0.3, 0.4) is 0 Å². The van der Waals surface area contributed by atoms with Gasteiger partial charge in [0.15, 0.2) is 0 Å². The average molecular weight is 183 g/mol. The molecule has 0 aromatic heterocycles. The molecule has 2 amide bonds.